The molecule has 0 bridgehead atoms. The Hall–Kier alpha value is -3.35. The number of amides is 1. The van der Waals surface area contributed by atoms with Gasteiger partial charge in [0.05, 0.1) is 25.3 Å². The van der Waals surface area contributed by atoms with E-state index in [2.05, 4.69) is 28.6 Å². The molecule has 1 unspecified atom stereocenters. The van der Waals surface area contributed by atoms with Gasteiger partial charge in [-0.15, -0.1) is 0 Å². The summed E-state index contributed by atoms with van der Waals surface area (Å²) in [7, 11) is 2.46. The summed E-state index contributed by atoms with van der Waals surface area (Å²) in [6.07, 6.45) is 1.04. The number of ether oxygens (including phenoxy) is 3. The van der Waals surface area contributed by atoms with Crippen LogP contribution in [0.4, 0.5) is 5.69 Å². The van der Waals surface area contributed by atoms with Crippen molar-refractivity contribution in [3.8, 4) is 5.75 Å². The smallest absolute Gasteiger partial charge is 0.337 e. The van der Waals surface area contributed by atoms with Gasteiger partial charge in [-0.2, -0.15) is 0 Å². The third-order valence-corrected chi connectivity index (χ3v) is 4.49. The summed E-state index contributed by atoms with van der Waals surface area (Å²) in [6.45, 7) is 4.05. The Morgan fingerprint density at radius 1 is 0.931 bits per heavy atom. The van der Waals surface area contributed by atoms with Gasteiger partial charge in [0.2, 0.25) is 0 Å². The molecular formula is C22H25NO6. The van der Waals surface area contributed by atoms with E-state index in [9.17, 15) is 14.4 Å². The number of nitrogens with one attached hydrogen (secondary N) is 1. The molecule has 0 spiro atoms. The maximum Gasteiger partial charge on any atom is 0.337 e. The van der Waals surface area contributed by atoms with Crippen LogP contribution in [-0.4, -0.2) is 38.7 Å². The molecule has 1 amide bonds. The fourth-order valence-electron chi connectivity index (χ4n) is 2.65. The molecule has 0 aliphatic carbocycles. The van der Waals surface area contributed by atoms with E-state index in [1.54, 1.807) is 0 Å². The Labute approximate surface area is 170 Å². The van der Waals surface area contributed by atoms with Gasteiger partial charge in [0.1, 0.15) is 5.75 Å². The SMILES string of the molecule is CCC(C)c1ccc(OCC(=O)Nc2cc(C(=O)OC)cc(C(=O)OC)c2)cc1. The number of methoxy groups -OCH3 is 2. The summed E-state index contributed by atoms with van der Waals surface area (Å²) in [5.74, 6) is -0.675. The molecule has 0 aliphatic heterocycles. The molecule has 0 saturated heterocycles. The molecule has 7 heteroatoms. The van der Waals surface area contributed by atoms with Crippen LogP contribution in [0.3, 0.4) is 0 Å². The van der Waals surface area contributed by atoms with E-state index >= 15 is 0 Å². The highest BCUT2D eigenvalue weighted by Crippen LogP contribution is 2.22. The number of hydrogen-bond acceptors (Lipinski definition) is 6. The van der Waals surface area contributed by atoms with E-state index in [0.717, 1.165) is 6.42 Å². The molecule has 154 valence electrons. The van der Waals surface area contributed by atoms with Crippen LogP contribution in [0.5, 0.6) is 5.75 Å². The molecule has 0 aliphatic rings. The van der Waals surface area contributed by atoms with Crippen molar-refractivity contribution in [2.24, 2.45) is 0 Å². The van der Waals surface area contributed by atoms with E-state index in [1.807, 2.05) is 24.3 Å². The molecule has 0 heterocycles. The summed E-state index contributed by atoms with van der Waals surface area (Å²) in [5.41, 5.74) is 1.70. The lowest BCUT2D eigenvalue weighted by molar-refractivity contribution is -0.118. The molecule has 2 aromatic rings. The second-order valence-electron chi connectivity index (χ2n) is 6.50. The van der Waals surface area contributed by atoms with Crippen LogP contribution in [0.2, 0.25) is 0 Å². The molecule has 29 heavy (non-hydrogen) atoms. The summed E-state index contributed by atoms with van der Waals surface area (Å²) >= 11 is 0. The lowest BCUT2D eigenvalue weighted by Gasteiger charge is -2.12. The van der Waals surface area contributed by atoms with Gasteiger partial charge in [0, 0.05) is 5.69 Å². The molecule has 0 fully saturated rings. The Morgan fingerprint density at radius 2 is 1.48 bits per heavy atom. The molecule has 0 aromatic heterocycles. The third-order valence-electron chi connectivity index (χ3n) is 4.49. The highest BCUT2D eigenvalue weighted by Gasteiger charge is 2.15. The molecular weight excluding hydrogens is 374 g/mol. The largest absolute Gasteiger partial charge is 0.484 e. The monoisotopic (exact) mass is 399 g/mol. The van der Waals surface area contributed by atoms with Gasteiger partial charge in [-0.05, 0) is 48.2 Å². The van der Waals surface area contributed by atoms with Gasteiger partial charge in [0.15, 0.2) is 6.61 Å². The van der Waals surface area contributed by atoms with Gasteiger partial charge < -0.3 is 19.5 Å². The highest BCUT2D eigenvalue weighted by molar-refractivity contribution is 5.99. The van der Waals surface area contributed by atoms with Crippen LogP contribution in [0.25, 0.3) is 0 Å². The quantitative estimate of drug-likeness (QED) is 0.679. The van der Waals surface area contributed by atoms with E-state index in [-0.39, 0.29) is 23.4 Å². The highest BCUT2D eigenvalue weighted by atomic mass is 16.5. The summed E-state index contributed by atoms with van der Waals surface area (Å²) < 4.78 is 14.9. The number of carbonyl (C=O) groups is 3. The van der Waals surface area contributed by atoms with Gasteiger partial charge in [-0.1, -0.05) is 26.0 Å². The molecule has 1 N–H and O–H groups in total. The summed E-state index contributed by atoms with van der Waals surface area (Å²) in [6, 6.07) is 11.8. The van der Waals surface area contributed by atoms with Crippen molar-refractivity contribution in [2.75, 3.05) is 26.1 Å². The topological polar surface area (TPSA) is 90.9 Å². The number of rotatable bonds is 8. The number of hydrogen-bond donors (Lipinski definition) is 1. The maximum absolute atomic E-state index is 12.2. The Morgan fingerprint density at radius 3 is 1.97 bits per heavy atom. The van der Waals surface area contributed by atoms with Crippen LogP contribution in [0.15, 0.2) is 42.5 Å². The van der Waals surface area contributed by atoms with Crippen LogP contribution in [-0.2, 0) is 14.3 Å². The molecule has 0 saturated carbocycles. The van der Waals surface area contributed by atoms with Crippen LogP contribution >= 0.6 is 0 Å². The van der Waals surface area contributed by atoms with Crippen molar-refractivity contribution in [1.82, 2.24) is 0 Å². The number of anilines is 1. The standard InChI is InChI=1S/C22H25NO6/c1-5-14(2)15-6-8-19(9-7-15)29-13-20(24)23-18-11-16(21(25)27-3)10-17(12-18)22(26)28-4/h6-12,14H,5,13H2,1-4H3,(H,23,24). The lowest BCUT2D eigenvalue weighted by atomic mass is 9.99. The Bertz CT molecular complexity index is 841. The third kappa shape index (κ3) is 6.07. The first-order valence-electron chi connectivity index (χ1n) is 9.22. The fourth-order valence-corrected chi connectivity index (χ4v) is 2.65. The molecule has 7 nitrogen and oxygen atoms in total. The summed E-state index contributed by atoms with van der Waals surface area (Å²) in [5, 5.41) is 2.61. The van der Waals surface area contributed by atoms with Gasteiger partial charge >= 0.3 is 11.9 Å². The minimum absolute atomic E-state index is 0.118. The van der Waals surface area contributed by atoms with Crippen molar-refractivity contribution in [3.63, 3.8) is 0 Å². The van der Waals surface area contributed by atoms with Gasteiger partial charge in [0.25, 0.3) is 5.91 Å². The van der Waals surface area contributed by atoms with E-state index in [1.165, 1.54) is 38.0 Å². The first kappa shape index (κ1) is 21.9. The fraction of sp³-hybridized carbons (Fsp3) is 0.318. The first-order valence-corrected chi connectivity index (χ1v) is 9.22. The second kappa shape index (κ2) is 10.3. The van der Waals surface area contributed by atoms with Crippen molar-refractivity contribution in [1.29, 1.82) is 0 Å². The van der Waals surface area contributed by atoms with Gasteiger partial charge in [-0.25, -0.2) is 9.59 Å². The molecule has 1 atom stereocenters. The number of carbonyl (C=O) groups excluding carboxylic acids is 3. The zero-order valence-electron chi connectivity index (χ0n) is 17.0. The number of benzene rings is 2. The van der Waals surface area contributed by atoms with Crippen molar-refractivity contribution >= 4 is 23.5 Å². The molecule has 2 rings (SSSR count). The average molecular weight is 399 g/mol. The number of esters is 2. The Kier molecular flexibility index (Phi) is 7.77. The molecule has 2 aromatic carbocycles. The maximum atomic E-state index is 12.2. The van der Waals surface area contributed by atoms with Gasteiger partial charge in [-0.3, -0.25) is 4.79 Å². The van der Waals surface area contributed by atoms with E-state index < -0.39 is 17.8 Å². The van der Waals surface area contributed by atoms with E-state index in [0.29, 0.717) is 11.7 Å². The van der Waals surface area contributed by atoms with Crippen molar-refractivity contribution < 1.29 is 28.6 Å². The normalized spacial score (nSPS) is 11.3. The van der Waals surface area contributed by atoms with Crippen molar-refractivity contribution in [2.45, 2.75) is 26.2 Å². The zero-order chi connectivity index (χ0) is 21.4. The summed E-state index contributed by atoms with van der Waals surface area (Å²) in [4.78, 5) is 35.9. The minimum Gasteiger partial charge on any atom is -0.484 e. The van der Waals surface area contributed by atoms with E-state index in [4.69, 9.17) is 4.74 Å². The molecule has 0 radical (unpaired) electrons. The second-order valence-corrected chi connectivity index (χ2v) is 6.50. The predicted octanol–water partition coefficient (Wildman–Crippen LogP) is 3.79. The van der Waals surface area contributed by atoms with Crippen LogP contribution in [0, 0.1) is 0 Å². The zero-order valence-corrected chi connectivity index (χ0v) is 17.0. The lowest BCUT2D eigenvalue weighted by Crippen LogP contribution is -2.21. The first-order chi connectivity index (χ1) is 13.9. The average Bonchev–Trinajstić information content (AvgIpc) is 2.76. The minimum atomic E-state index is -0.635. The van der Waals surface area contributed by atoms with Crippen molar-refractivity contribution in [3.05, 3.63) is 59.2 Å². The predicted molar refractivity (Wildman–Crippen MR) is 108 cm³/mol. The Balaban J connectivity index is 2.05. The van der Waals surface area contributed by atoms with Crippen LogP contribution in [0.1, 0.15) is 52.5 Å². The van der Waals surface area contributed by atoms with Crippen LogP contribution < -0.4 is 10.1 Å².